The molecule has 1 aromatic heterocycles. The van der Waals surface area contributed by atoms with E-state index in [4.69, 9.17) is 4.52 Å². The summed E-state index contributed by atoms with van der Waals surface area (Å²) >= 11 is 0. The molecule has 4 heteroatoms. The molecule has 2 aliphatic heterocycles. The van der Waals surface area contributed by atoms with Gasteiger partial charge in [0.05, 0.1) is 5.69 Å². The average molecular weight is 380 g/mol. The predicted octanol–water partition coefficient (Wildman–Crippen LogP) is 4.53. The maximum atomic E-state index is 5.37. The van der Waals surface area contributed by atoms with Crippen molar-refractivity contribution in [1.82, 2.24) is 15.0 Å². The lowest BCUT2D eigenvalue weighted by Gasteiger charge is -2.50. The van der Waals surface area contributed by atoms with Crippen LogP contribution in [0.25, 0.3) is 0 Å². The monoisotopic (exact) mass is 379 g/mol. The molecule has 1 saturated carbocycles. The number of benzene rings is 1. The molecule has 0 unspecified atom stereocenters. The number of aryl methyl sites for hydroxylation is 2. The van der Waals surface area contributed by atoms with Crippen molar-refractivity contribution in [3.05, 3.63) is 52.9 Å². The molecule has 1 aliphatic carbocycles. The third-order valence-electron chi connectivity index (χ3n) is 7.49. The second-order valence-electron chi connectivity index (χ2n) is 9.55. The highest BCUT2D eigenvalue weighted by atomic mass is 16.5. The van der Waals surface area contributed by atoms with E-state index in [0.29, 0.717) is 11.3 Å². The van der Waals surface area contributed by atoms with Gasteiger partial charge < -0.3 is 4.52 Å². The molecular weight excluding hydrogens is 346 g/mol. The van der Waals surface area contributed by atoms with Gasteiger partial charge >= 0.3 is 0 Å². The van der Waals surface area contributed by atoms with Crippen LogP contribution in [0.4, 0.5) is 0 Å². The minimum absolute atomic E-state index is 0.497. The van der Waals surface area contributed by atoms with Crippen LogP contribution >= 0.6 is 0 Å². The summed E-state index contributed by atoms with van der Waals surface area (Å²) in [6.45, 7) is 10.1. The van der Waals surface area contributed by atoms with Crippen LogP contribution in [0.5, 0.6) is 0 Å². The Hall–Kier alpha value is -1.65. The molecule has 0 radical (unpaired) electrons. The molecule has 1 atom stereocenters. The highest BCUT2D eigenvalue weighted by molar-refractivity contribution is 5.23. The van der Waals surface area contributed by atoms with Crippen molar-refractivity contribution in [1.29, 1.82) is 0 Å². The Morgan fingerprint density at radius 1 is 1.11 bits per heavy atom. The average Bonchev–Trinajstić information content (AvgIpc) is 3.53. The first-order valence-electron chi connectivity index (χ1n) is 11.0. The van der Waals surface area contributed by atoms with Crippen LogP contribution in [0, 0.1) is 19.3 Å². The minimum atomic E-state index is 0.497. The molecule has 1 aromatic carbocycles. The fourth-order valence-corrected chi connectivity index (χ4v) is 5.60. The number of nitrogens with zero attached hydrogens (tertiary/aromatic N) is 3. The molecular formula is C24H33N3O. The van der Waals surface area contributed by atoms with Crippen molar-refractivity contribution >= 4 is 0 Å². The Labute approximate surface area is 168 Å². The van der Waals surface area contributed by atoms with Crippen molar-refractivity contribution in [3.8, 4) is 0 Å². The number of piperidine rings is 2. The summed E-state index contributed by atoms with van der Waals surface area (Å²) in [6.07, 6.45) is 6.83. The Bertz CT molecular complexity index is 783. The molecule has 28 heavy (non-hydrogen) atoms. The van der Waals surface area contributed by atoms with E-state index < -0.39 is 0 Å². The van der Waals surface area contributed by atoms with E-state index >= 15 is 0 Å². The largest absolute Gasteiger partial charge is 0.361 e. The molecule has 4 nitrogen and oxygen atoms in total. The van der Waals surface area contributed by atoms with E-state index in [1.807, 2.05) is 6.92 Å². The topological polar surface area (TPSA) is 32.5 Å². The Morgan fingerprint density at radius 2 is 1.86 bits per heavy atom. The molecule has 5 rings (SSSR count). The molecule has 0 amide bonds. The van der Waals surface area contributed by atoms with E-state index in [2.05, 4.69) is 52.2 Å². The van der Waals surface area contributed by atoms with Gasteiger partial charge in [-0.25, -0.2) is 0 Å². The second kappa shape index (κ2) is 7.31. The normalized spacial score (nSPS) is 26.0. The van der Waals surface area contributed by atoms with Crippen molar-refractivity contribution in [2.24, 2.45) is 5.41 Å². The van der Waals surface area contributed by atoms with Gasteiger partial charge in [0.1, 0.15) is 5.76 Å². The lowest BCUT2D eigenvalue weighted by Crippen LogP contribution is -2.52. The number of aromatic nitrogens is 1. The quantitative estimate of drug-likeness (QED) is 0.781. The summed E-state index contributed by atoms with van der Waals surface area (Å²) < 4.78 is 5.37. The molecule has 2 aromatic rings. The van der Waals surface area contributed by atoms with Crippen LogP contribution in [0.15, 0.2) is 34.9 Å². The molecule has 3 fully saturated rings. The fraction of sp³-hybridized carbons (Fsp3) is 0.625. The maximum Gasteiger partial charge on any atom is 0.138 e. The van der Waals surface area contributed by atoms with Crippen LogP contribution in [-0.4, -0.2) is 47.2 Å². The van der Waals surface area contributed by atoms with Gasteiger partial charge in [-0.15, -0.1) is 0 Å². The zero-order valence-electron chi connectivity index (χ0n) is 17.4. The molecule has 0 bridgehead atoms. The van der Waals surface area contributed by atoms with Gasteiger partial charge in [-0.1, -0.05) is 35.5 Å². The van der Waals surface area contributed by atoms with Gasteiger partial charge in [0.25, 0.3) is 0 Å². The number of hydrogen-bond acceptors (Lipinski definition) is 4. The van der Waals surface area contributed by atoms with E-state index in [9.17, 15) is 0 Å². The van der Waals surface area contributed by atoms with Gasteiger partial charge in [0.2, 0.25) is 0 Å². The summed E-state index contributed by atoms with van der Waals surface area (Å²) in [4.78, 5) is 5.45. The predicted molar refractivity (Wildman–Crippen MR) is 111 cm³/mol. The van der Waals surface area contributed by atoms with Crippen LogP contribution in [-0.2, 0) is 6.54 Å². The van der Waals surface area contributed by atoms with E-state index in [0.717, 1.165) is 24.0 Å². The van der Waals surface area contributed by atoms with Crippen LogP contribution in [0.1, 0.15) is 60.6 Å². The zero-order valence-corrected chi connectivity index (χ0v) is 17.4. The van der Waals surface area contributed by atoms with Gasteiger partial charge in [0.15, 0.2) is 0 Å². The molecule has 0 N–H and O–H groups in total. The summed E-state index contributed by atoms with van der Waals surface area (Å²) in [5.41, 5.74) is 4.39. The highest BCUT2D eigenvalue weighted by Crippen LogP contribution is 2.47. The van der Waals surface area contributed by atoms with E-state index in [1.165, 1.54) is 63.8 Å². The Morgan fingerprint density at radius 3 is 2.50 bits per heavy atom. The summed E-state index contributed by atoms with van der Waals surface area (Å²) in [5, 5.41) is 4.14. The standard InChI is InChI=1S/C24H33N3O/c1-18-23(19(2)28-25-18)16-26-12-10-24(11-13-26)14-21(20-6-4-3-5-7-20)15-27(17-24)22-8-9-22/h3-7,21-22H,8-17H2,1-2H3/t21-/m0/s1. The summed E-state index contributed by atoms with van der Waals surface area (Å²) in [6, 6.07) is 12.1. The van der Waals surface area contributed by atoms with E-state index in [1.54, 1.807) is 5.56 Å². The maximum absolute atomic E-state index is 5.37. The van der Waals surface area contributed by atoms with Crippen LogP contribution < -0.4 is 0 Å². The summed E-state index contributed by atoms with van der Waals surface area (Å²) in [5.74, 6) is 1.68. The number of hydrogen-bond donors (Lipinski definition) is 0. The second-order valence-corrected chi connectivity index (χ2v) is 9.55. The minimum Gasteiger partial charge on any atom is -0.361 e. The van der Waals surface area contributed by atoms with Crippen LogP contribution in [0.2, 0.25) is 0 Å². The van der Waals surface area contributed by atoms with Crippen molar-refractivity contribution in [2.75, 3.05) is 26.2 Å². The fourth-order valence-electron chi connectivity index (χ4n) is 5.60. The van der Waals surface area contributed by atoms with Gasteiger partial charge in [-0.05, 0) is 75.9 Å². The lowest BCUT2D eigenvalue weighted by atomic mass is 9.68. The van der Waals surface area contributed by atoms with Gasteiger partial charge in [-0.2, -0.15) is 0 Å². The third-order valence-corrected chi connectivity index (χ3v) is 7.49. The molecule has 1 spiro atoms. The number of rotatable bonds is 4. The van der Waals surface area contributed by atoms with Crippen LogP contribution in [0.3, 0.4) is 0 Å². The number of likely N-dealkylation sites (tertiary alicyclic amines) is 2. The molecule has 2 saturated heterocycles. The van der Waals surface area contributed by atoms with Crippen molar-refractivity contribution < 1.29 is 4.52 Å². The van der Waals surface area contributed by atoms with Crippen molar-refractivity contribution in [3.63, 3.8) is 0 Å². The van der Waals surface area contributed by atoms with Crippen molar-refractivity contribution in [2.45, 2.75) is 64.5 Å². The van der Waals surface area contributed by atoms with Gasteiger partial charge in [-0.3, -0.25) is 9.80 Å². The molecule has 3 aliphatic rings. The zero-order chi connectivity index (χ0) is 19.1. The smallest absolute Gasteiger partial charge is 0.138 e. The lowest BCUT2D eigenvalue weighted by molar-refractivity contribution is 0.00819. The molecule has 150 valence electrons. The SMILES string of the molecule is Cc1noc(C)c1CN1CCC2(CC1)C[C@H](c1ccccc1)CN(C1CC1)C2. The Balaban J connectivity index is 1.29. The first kappa shape index (κ1) is 18.4. The Kier molecular flexibility index (Phi) is 4.80. The first-order valence-corrected chi connectivity index (χ1v) is 11.0. The first-order chi connectivity index (χ1) is 13.6. The van der Waals surface area contributed by atoms with Gasteiger partial charge in [0, 0.05) is 31.2 Å². The summed E-state index contributed by atoms with van der Waals surface area (Å²) in [7, 11) is 0. The third kappa shape index (κ3) is 3.65. The highest BCUT2D eigenvalue weighted by Gasteiger charge is 2.45. The molecule has 3 heterocycles. The van der Waals surface area contributed by atoms with E-state index in [-0.39, 0.29) is 0 Å².